The number of halogens is 2. The van der Waals surface area contributed by atoms with Crippen molar-refractivity contribution in [3.63, 3.8) is 0 Å². The molecule has 0 spiro atoms. The van der Waals surface area contributed by atoms with Gasteiger partial charge in [0.25, 0.3) is 0 Å². The standard InChI is InChI=1S/C17H25F2NO/c1-4-13-9-10-15(11(13)2)20-12(3)14-7-5-6-8-16(14)21-17(18)19/h5-8,11-13,15,17,20H,4,9-10H2,1-3H3. The van der Waals surface area contributed by atoms with Crippen molar-refractivity contribution in [3.05, 3.63) is 29.8 Å². The molecule has 118 valence electrons. The average Bonchev–Trinajstić information content (AvgIpc) is 2.79. The summed E-state index contributed by atoms with van der Waals surface area (Å²) in [6, 6.07) is 7.49. The van der Waals surface area contributed by atoms with Crippen LogP contribution >= 0.6 is 0 Å². The van der Waals surface area contributed by atoms with E-state index in [1.165, 1.54) is 12.8 Å². The summed E-state index contributed by atoms with van der Waals surface area (Å²) >= 11 is 0. The van der Waals surface area contributed by atoms with Gasteiger partial charge in [0, 0.05) is 17.6 Å². The highest BCUT2D eigenvalue weighted by atomic mass is 19.3. The summed E-state index contributed by atoms with van der Waals surface area (Å²) < 4.78 is 29.6. The molecule has 1 saturated carbocycles. The molecule has 0 bridgehead atoms. The number of hydrogen-bond acceptors (Lipinski definition) is 2. The molecule has 4 atom stereocenters. The van der Waals surface area contributed by atoms with E-state index in [9.17, 15) is 8.78 Å². The van der Waals surface area contributed by atoms with Gasteiger partial charge in [-0.1, -0.05) is 38.5 Å². The normalized spacial score (nSPS) is 27.0. The Labute approximate surface area is 125 Å². The van der Waals surface area contributed by atoms with Crippen LogP contribution in [0.15, 0.2) is 24.3 Å². The lowest BCUT2D eigenvalue weighted by Gasteiger charge is -2.26. The molecule has 2 nitrogen and oxygen atoms in total. The highest BCUT2D eigenvalue weighted by Gasteiger charge is 2.32. The van der Waals surface area contributed by atoms with Gasteiger partial charge < -0.3 is 10.1 Å². The fourth-order valence-electron chi connectivity index (χ4n) is 3.51. The van der Waals surface area contributed by atoms with Gasteiger partial charge in [-0.2, -0.15) is 8.78 Å². The van der Waals surface area contributed by atoms with E-state index < -0.39 is 6.61 Å². The summed E-state index contributed by atoms with van der Waals surface area (Å²) in [5.41, 5.74) is 0.796. The quantitative estimate of drug-likeness (QED) is 0.817. The van der Waals surface area contributed by atoms with Gasteiger partial charge >= 0.3 is 6.61 Å². The predicted octanol–water partition coefficient (Wildman–Crippen LogP) is 4.76. The molecule has 0 aromatic heterocycles. The van der Waals surface area contributed by atoms with Crippen LogP contribution in [0.2, 0.25) is 0 Å². The lowest BCUT2D eigenvalue weighted by atomic mass is 9.93. The van der Waals surface area contributed by atoms with Gasteiger partial charge in [-0.05, 0) is 37.7 Å². The molecular formula is C17H25F2NO. The minimum absolute atomic E-state index is 0.00278. The minimum Gasteiger partial charge on any atom is -0.434 e. The third-order valence-corrected chi connectivity index (χ3v) is 4.82. The number of para-hydroxylation sites is 1. The number of hydrogen-bond donors (Lipinski definition) is 1. The largest absolute Gasteiger partial charge is 0.434 e. The maximum atomic E-state index is 12.5. The second-order valence-electron chi connectivity index (χ2n) is 6.02. The lowest BCUT2D eigenvalue weighted by Crippen LogP contribution is -2.34. The molecule has 1 aliphatic carbocycles. The maximum Gasteiger partial charge on any atom is 0.387 e. The second-order valence-corrected chi connectivity index (χ2v) is 6.02. The van der Waals surface area contributed by atoms with E-state index in [4.69, 9.17) is 0 Å². The third-order valence-electron chi connectivity index (χ3n) is 4.82. The Morgan fingerprint density at radius 2 is 2.00 bits per heavy atom. The molecule has 1 aliphatic rings. The molecule has 0 heterocycles. The molecular weight excluding hydrogens is 272 g/mol. The molecule has 1 fully saturated rings. The summed E-state index contributed by atoms with van der Waals surface area (Å²) in [6.45, 7) is 3.75. The number of nitrogens with one attached hydrogen (secondary N) is 1. The topological polar surface area (TPSA) is 21.3 Å². The van der Waals surface area contributed by atoms with Crippen molar-refractivity contribution < 1.29 is 13.5 Å². The van der Waals surface area contributed by atoms with Crippen LogP contribution in [0.5, 0.6) is 5.75 Å². The van der Waals surface area contributed by atoms with E-state index in [-0.39, 0.29) is 11.8 Å². The molecule has 1 aromatic rings. The Morgan fingerprint density at radius 3 is 2.62 bits per heavy atom. The fourth-order valence-corrected chi connectivity index (χ4v) is 3.51. The van der Waals surface area contributed by atoms with Crippen molar-refractivity contribution in [3.8, 4) is 5.75 Å². The van der Waals surface area contributed by atoms with E-state index in [1.54, 1.807) is 12.1 Å². The van der Waals surface area contributed by atoms with Crippen molar-refractivity contribution in [1.82, 2.24) is 5.32 Å². The van der Waals surface area contributed by atoms with Crippen LogP contribution < -0.4 is 10.1 Å². The summed E-state index contributed by atoms with van der Waals surface area (Å²) in [7, 11) is 0. The van der Waals surface area contributed by atoms with E-state index in [2.05, 4.69) is 23.9 Å². The van der Waals surface area contributed by atoms with E-state index in [0.717, 1.165) is 17.9 Å². The zero-order chi connectivity index (χ0) is 15.4. The number of ether oxygens (including phenoxy) is 1. The molecule has 0 amide bonds. The van der Waals surface area contributed by atoms with Crippen LogP contribution in [0.1, 0.15) is 51.6 Å². The van der Waals surface area contributed by atoms with Gasteiger partial charge in [-0.3, -0.25) is 0 Å². The number of benzene rings is 1. The first-order valence-electron chi connectivity index (χ1n) is 7.82. The summed E-state index contributed by atoms with van der Waals surface area (Å²) in [5, 5.41) is 3.60. The third kappa shape index (κ3) is 3.94. The van der Waals surface area contributed by atoms with Gasteiger partial charge in [0.05, 0.1) is 0 Å². The van der Waals surface area contributed by atoms with Crippen molar-refractivity contribution in [2.75, 3.05) is 0 Å². The fraction of sp³-hybridized carbons (Fsp3) is 0.647. The van der Waals surface area contributed by atoms with Crippen LogP contribution in [-0.2, 0) is 0 Å². The van der Waals surface area contributed by atoms with Crippen molar-refractivity contribution >= 4 is 0 Å². The van der Waals surface area contributed by atoms with E-state index in [0.29, 0.717) is 12.0 Å². The molecule has 2 rings (SSSR count). The number of rotatable bonds is 6. The Kier molecular flexibility index (Phi) is 5.57. The monoisotopic (exact) mass is 297 g/mol. The first-order chi connectivity index (χ1) is 10.0. The van der Waals surface area contributed by atoms with Crippen LogP contribution in [0.3, 0.4) is 0 Å². The van der Waals surface area contributed by atoms with E-state index in [1.807, 2.05) is 19.1 Å². The summed E-state index contributed by atoms with van der Waals surface area (Å²) in [5.74, 6) is 1.66. The van der Waals surface area contributed by atoms with Crippen LogP contribution in [0.4, 0.5) is 8.78 Å². The number of alkyl halides is 2. The van der Waals surface area contributed by atoms with Gasteiger partial charge in [0.1, 0.15) is 5.75 Å². The SMILES string of the molecule is CCC1CCC(NC(C)c2ccccc2OC(F)F)C1C. The van der Waals surface area contributed by atoms with Gasteiger partial charge in [0.15, 0.2) is 0 Å². The Morgan fingerprint density at radius 1 is 1.29 bits per heavy atom. The minimum atomic E-state index is -2.78. The van der Waals surface area contributed by atoms with Crippen molar-refractivity contribution in [2.24, 2.45) is 11.8 Å². The zero-order valence-corrected chi connectivity index (χ0v) is 13.0. The molecule has 4 unspecified atom stereocenters. The Bertz CT molecular complexity index is 452. The van der Waals surface area contributed by atoms with Gasteiger partial charge in [0.2, 0.25) is 0 Å². The average molecular weight is 297 g/mol. The molecule has 1 N–H and O–H groups in total. The summed E-state index contributed by atoms with van der Waals surface area (Å²) in [4.78, 5) is 0. The molecule has 0 aliphatic heterocycles. The first-order valence-corrected chi connectivity index (χ1v) is 7.82. The van der Waals surface area contributed by atoms with Crippen LogP contribution in [-0.4, -0.2) is 12.7 Å². The molecule has 0 saturated heterocycles. The van der Waals surface area contributed by atoms with Crippen molar-refractivity contribution in [2.45, 2.75) is 58.7 Å². The van der Waals surface area contributed by atoms with Crippen molar-refractivity contribution in [1.29, 1.82) is 0 Å². The Hall–Kier alpha value is -1.16. The van der Waals surface area contributed by atoms with Gasteiger partial charge in [-0.15, -0.1) is 0 Å². The van der Waals surface area contributed by atoms with E-state index >= 15 is 0 Å². The molecule has 1 aromatic carbocycles. The summed E-state index contributed by atoms with van der Waals surface area (Å²) in [6.07, 6.45) is 3.61. The molecule has 0 radical (unpaired) electrons. The van der Waals surface area contributed by atoms with Crippen LogP contribution in [0, 0.1) is 11.8 Å². The zero-order valence-electron chi connectivity index (χ0n) is 13.0. The predicted molar refractivity (Wildman–Crippen MR) is 80.6 cm³/mol. The van der Waals surface area contributed by atoms with Crippen LogP contribution in [0.25, 0.3) is 0 Å². The second kappa shape index (κ2) is 7.21. The first kappa shape index (κ1) is 16.2. The Balaban J connectivity index is 2.05. The molecule has 21 heavy (non-hydrogen) atoms. The highest BCUT2D eigenvalue weighted by molar-refractivity contribution is 5.35. The smallest absolute Gasteiger partial charge is 0.387 e. The maximum absolute atomic E-state index is 12.5. The highest BCUT2D eigenvalue weighted by Crippen LogP contribution is 2.36. The lowest BCUT2D eigenvalue weighted by molar-refractivity contribution is -0.0507. The van der Waals surface area contributed by atoms with Gasteiger partial charge in [-0.25, -0.2) is 0 Å². The molecule has 4 heteroatoms.